The molecule has 0 heterocycles. The molecule has 0 saturated heterocycles. The van der Waals surface area contributed by atoms with Gasteiger partial charge in [-0.15, -0.1) is 0 Å². The first-order chi connectivity index (χ1) is 10.2. The standard InChI is InChI=1S/C19H28ClN/c1-14(15-6-4-2-3-5-7-15)21-19(16-8-9-16)17-10-12-18(20)13-11-17/h10-16,19,21H,2-9H2,1H3/t14-,19?/m1/s1. The summed E-state index contributed by atoms with van der Waals surface area (Å²) < 4.78 is 0. The second-order valence-corrected chi connectivity index (χ2v) is 7.51. The Labute approximate surface area is 134 Å². The zero-order valence-corrected chi connectivity index (χ0v) is 13.9. The molecular weight excluding hydrogens is 278 g/mol. The lowest BCUT2D eigenvalue weighted by Crippen LogP contribution is -2.37. The molecule has 1 aromatic carbocycles. The van der Waals surface area contributed by atoms with E-state index in [0.29, 0.717) is 12.1 Å². The van der Waals surface area contributed by atoms with Crippen LogP contribution in [0.4, 0.5) is 0 Å². The normalized spacial score (nSPS) is 23.5. The molecular formula is C19H28ClN. The van der Waals surface area contributed by atoms with Crippen molar-refractivity contribution >= 4 is 11.6 Å². The minimum absolute atomic E-state index is 0.528. The first-order valence-corrected chi connectivity index (χ1v) is 9.13. The zero-order valence-electron chi connectivity index (χ0n) is 13.2. The van der Waals surface area contributed by atoms with Crippen molar-refractivity contribution in [1.29, 1.82) is 0 Å². The van der Waals surface area contributed by atoms with Crippen molar-refractivity contribution in [3.8, 4) is 0 Å². The first kappa shape index (κ1) is 15.4. The summed E-state index contributed by atoms with van der Waals surface area (Å²) >= 11 is 6.04. The van der Waals surface area contributed by atoms with Gasteiger partial charge in [0.1, 0.15) is 0 Å². The van der Waals surface area contributed by atoms with Gasteiger partial charge in [0, 0.05) is 17.1 Å². The lowest BCUT2D eigenvalue weighted by Gasteiger charge is -2.29. The maximum absolute atomic E-state index is 6.04. The fraction of sp³-hybridized carbons (Fsp3) is 0.684. The first-order valence-electron chi connectivity index (χ1n) is 8.75. The number of halogens is 1. The molecule has 0 aliphatic heterocycles. The number of rotatable bonds is 5. The average Bonchev–Trinajstić information content (AvgIpc) is 3.32. The van der Waals surface area contributed by atoms with E-state index < -0.39 is 0 Å². The summed E-state index contributed by atoms with van der Waals surface area (Å²) in [5.74, 6) is 1.69. The fourth-order valence-corrected chi connectivity index (χ4v) is 3.96. The molecule has 2 fully saturated rings. The summed E-state index contributed by atoms with van der Waals surface area (Å²) in [5, 5.41) is 4.81. The number of hydrogen-bond acceptors (Lipinski definition) is 1. The monoisotopic (exact) mass is 305 g/mol. The molecule has 2 aliphatic rings. The van der Waals surface area contributed by atoms with E-state index in [2.05, 4.69) is 24.4 Å². The lowest BCUT2D eigenvalue weighted by atomic mass is 9.91. The van der Waals surface area contributed by atoms with Crippen molar-refractivity contribution in [2.24, 2.45) is 11.8 Å². The van der Waals surface area contributed by atoms with Crippen LogP contribution in [0.15, 0.2) is 24.3 Å². The van der Waals surface area contributed by atoms with Crippen molar-refractivity contribution in [2.45, 2.75) is 70.4 Å². The third-order valence-electron chi connectivity index (χ3n) is 5.37. The Kier molecular flexibility index (Phi) is 5.24. The van der Waals surface area contributed by atoms with Gasteiger partial charge >= 0.3 is 0 Å². The van der Waals surface area contributed by atoms with Crippen LogP contribution < -0.4 is 5.32 Å². The Bertz CT molecular complexity index is 429. The van der Waals surface area contributed by atoms with E-state index in [1.807, 2.05) is 12.1 Å². The molecule has 0 spiro atoms. The van der Waals surface area contributed by atoms with Gasteiger partial charge in [0.15, 0.2) is 0 Å². The number of nitrogens with one attached hydrogen (secondary N) is 1. The third-order valence-corrected chi connectivity index (χ3v) is 5.62. The van der Waals surface area contributed by atoms with E-state index >= 15 is 0 Å². The molecule has 3 rings (SSSR count). The maximum Gasteiger partial charge on any atom is 0.0406 e. The molecule has 2 heteroatoms. The van der Waals surface area contributed by atoms with Crippen LogP contribution in [-0.4, -0.2) is 6.04 Å². The van der Waals surface area contributed by atoms with Gasteiger partial charge in [-0.05, 0) is 62.1 Å². The zero-order chi connectivity index (χ0) is 14.7. The molecule has 0 amide bonds. The Morgan fingerprint density at radius 1 is 0.905 bits per heavy atom. The van der Waals surface area contributed by atoms with E-state index in [0.717, 1.165) is 16.9 Å². The van der Waals surface area contributed by atoms with E-state index in [9.17, 15) is 0 Å². The van der Waals surface area contributed by atoms with E-state index in [-0.39, 0.29) is 0 Å². The predicted molar refractivity (Wildman–Crippen MR) is 90.7 cm³/mol. The van der Waals surface area contributed by atoms with E-state index in [1.54, 1.807) is 0 Å². The van der Waals surface area contributed by atoms with Gasteiger partial charge in [0.2, 0.25) is 0 Å². The molecule has 0 bridgehead atoms. The van der Waals surface area contributed by atoms with Crippen LogP contribution in [0.25, 0.3) is 0 Å². The molecule has 1 N–H and O–H groups in total. The van der Waals surface area contributed by atoms with Crippen molar-refractivity contribution < 1.29 is 0 Å². The van der Waals surface area contributed by atoms with Crippen LogP contribution in [0.1, 0.15) is 69.9 Å². The molecule has 116 valence electrons. The quantitative estimate of drug-likeness (QED) is 0.684. The topological polar surface area (TPSA) is 12.0 Å². The van der Waals surface area contributed by atoms with Gasteiger partial charge in [-0.3, -0.25) is 0 Å². The van der Waals surface area contributed by atoms with Gasteiger partial charge in [-0.25, -0.2) is 0 Å². The summed E-state index contributed by atoms with van der Waals surface area (Å²) in [4.78, 5) is 0. The minimum atomic E-state index is 0.528. The van der Waals surface area contributed by atoms with Crippen LogP contribution in [0.2, 0.25) is 5.02 Å². The summed E-state index contributed by atoms with van der Waals surface area (Å²) in [5.41, 5.74) is 1.42. The minimum Gasteiger partial charge on any atom is -0.307 e. The Hall–Kier alpha value is -0.530. The highest BCUT2D eigenvalue weighted by atomic mass is 35.5. The molecule has 1 nitrogen and oxygen atoms in total. The van der Waals surface area contributed by atoms with Crippen molar-refractivity contribution in [3.63, 3.8) is 0 Å². The fourth-order valence-electron chi connectivity index (χ4n) is 3.83. The summed E-state index contributed by atoms with van der Waals surface area (Å²) in [6, 6.07) is 9.63. The van der Waals surface area contributed by atoms with E-state index in [4.69, 9.17) is 11.6 Å². The Morgan fingerprint density at radius 2 is 1.52 bits per heavy atom. The van der Waals surface area contributed by atoms with Gasteiger partial charge < -0.3 is 5.32 Å². The largest absolute Gasteiger partial charge is 0.307 e. The highest BCUT2D eigenvalue weighted by molar-refractivity contribution is 6.30. The molecule has 1 unspecified atom stereocenters. The predicted octanol–water partition coefficient (Wildman–Crippen LogP) is 5.74. The molecule has 21 heavy (non-hydrogen) atoms. The maximum atomic E-state index is 6.04. The van der Waals surface area contributed by atoms with Crippen LogP contribution in [0.3, 0.4) is 0 Å². The van der Waals surface area contributed by atoms with E-state index in [1.165, 1.54) is 56.9 Å². The number of hydrogen-bond donors (Lipinski definition) is 1. The van der Waals surface area contributed by atoms with Crippen LogP contribution in [0, 0.1) is 11.8 Å². The van der Waals surface area contributed by atoms with Crippen LogP contribution in [0.5, 0.6) is 0 Å². The SMILES string of the molecule is C[C@@H](NC(c1ccc(Cl)cc1)C1CC1)C1CCCCCC1. The summed E-state index contributed by atoms with van der Waals surface area (Å²) in [7, 11) is 0. The van der Waals surface area contributed by atoms with Crippen molar-refractivity contribution in [3.05, 3.63) is 34.9 Å². The second-order valence-electron chi connectivity index (χ2n) is 7.07. The molecule has 0 aromatic heterocycles. The lowest BCUT2D eigenvalue weighted by molar-refractivity contribution is 0.298. The van der Waals surface area contributed by atoms with Crippen molar-refractivity contribution in [2.75, 3.05) is 0 Å². The van der Waals surface area contributed by atoms with Gasteiger partial charge in [0.05, 0.1) is 0 Å². The molecule has 0 radical (unpaired) electrons. The third kappa shape index (κ3) is 4.23. The van der Waals surface area contributed by atoms with Gasteiger partial charge in [0.25, 0.3) is 0 Å². The van der Waals surface area contributed by atoms with Crippen molar-refractivity contribution in [1.82, 2.24) is 5.32 Å². The van der Waals surface area contributed by atoms with Crippen LogP contribution >= 0.6 is 11.6 Å². The molecule has 2 aliphatic carbocycles. The molecule has 2 saturated carbocycles. The smallest absolute Gasteiger partial charge is 0.0406 e. The average molecular weight is 306 g/mol. The molecule has 2 atom stereocenters. The Balaban J connectivity index is 1.65. The highest BCUT2D eigenvalue weighted by Crippen LogP contribution is 2.42. The summed E-state index contributed by atoms with van der Waals surface area (Å²) in [6.45, 7) is 2.40. The van der Waals surface area contributed by atoms with Gasteiger partial charge in [-0.1, -0.05) is 49.4 Å². The Morgan fingerprint density at radius 3 is 2.10 bits per heavy atom. The van der Waals surface area contributed by atoms with Crippen LogP contribution in [-0.2, 0) is 0 Å². The highest BCUT2D eigenvalue weighted by Gasteiger charge is 2.34. The molecule has 1 aromatic rings. The second kappa shape index (κ2) is 7.15. The van der Waals surface area contributed by atoms with Gasteiger partial charge in [-0.2, -0.15) is 0 Å². The summed E-state index contributed by atoms with van der Waals surface area (Å²) in [6.07, 6.45) is 11.3. The number of benzene rings is 1.